The number of hydrogen-bond acceptors (Lipinski definition) is 6. The minimum absolute atomic E-state index is 0.139. The number of para-hydroxylation sites is 2. The topological polar surface area (TPSA) is 82.8 Å². The van der Waals surface area contributed by atoms with E-state index in [2.05, 4.69) is 9.97 Å². The average molecular weight is 470 g/mol. The molecule has 0 saturated heterocycles. The van der Waals surface area contributed by atoms with Gasteiger partial charge in [-0.3, -0.25) is 19.3 Å². The van der Waals surface area contributed by atoms with Crippen molar-refractivity contribution in [1.29, 1.82) is 0 Å². The molecule has 6 aromatic rings. The standard InChI is InChI=1S/C29H19N5O2/c35-27-12-11-18-19(21-7-3-5-13-30-21)15-20(22-8-4-6-14-31-22)29-28(18)34(27)16-25-26(17-36-29)33-24-10-2-1-9-23(24)32-25/h1-15H,16-17H2. The molecule has 0 saturated carbocycles. The number of hydrogen-bond donors (Lipinski definition) is 0. The average Bonchev–Trinajstić information content (AvgIpc) is 2.92. The van der Waals surface area contributed by atoms with E-state index in [9.17, 15) is 4.79 Å². The van der Waals surface area contributed by atoms with Crippen molar-refractivity contribution < 1.29 is 4.74 Å². The molecule has 0 spiro atoms. The van der Waals surface area contributed by atoms with Crippen molar-refractivity contribution in [2.75, 3.05) is 0 Å². The Labute approximate surface area is 205 Å². The van der Waals surface area contributed by atoms with E-state index in [0.29, 0.717) is 17.0 Å². The fourth-order valence-electron chi connectivity index (χ4n) is 4.81. The fraction of sp³-hybridized carbons (Fsp3) is 0.0690. The number of pyridine rings is 3. The first-order valence-electron chi connectivity index (χ1n) is 11.7. The van der Waals surface area contributed by atoms with Gasteiger partial charge in [0, 0.05) is 35.0 Å². The lowest BCUT2D eigenvalue weighted by Crippen LogP contribution is -2.24. The van der Waals surface area contributed by atoms with Crippen LogP contribution in [0.15, 0.2) is 96.1 Å². The number of ether oxygens (including phenoxy) is 1. The molecule has 0 aliphatic carbocycles. The normalized spacial score (nSPS) is 12.6. The summed E-state index contributed by atoms with van der Waals surface area (Å²) in [5, 5.41) is 0.875. The highest BCUT2D eigenvalue weighted by Gasteiger charge is 2.24. The van der Waals surface area contributed by atoms with Gasteiger partial charge in [-0.15, -0.1) is 0 Å². The summed E-state index contributed by atoms with van der Waals surface area (Å²) < 4.78 is 8.21. The molecule has 0 unspecified atom stereocenters. The lowest BCUT2D eigenvalue weighted by atomic mass is 9.97. The molecule has 0 bridgehead atoms. The van der Waals surface area contributed by atoms with Gasteiger partial charge in [0.1, 0.15) is 12.3 Å². The first-order valence-corrected chi connectivity index (χ1v) is 11.7. The number of nitrogens with zero attached hydrogens (tertiary/aromatic N) is 5. The van der Waals surface area contributed by atoms with Gasteiger partial charge < -0.3 is 4.74 Å². The third kappa shape index (κ3) is 3.25. The molecule has 7 nitrogen and oxygen atoms in total. The van der Waals surface area contributed by atoms with Crippen LogP contribution in [0.25, 0.3) is 44.5 Å². The Morgan fingerprint density at radius 2 is 1.39 bits per heavy atom. The quantitative estimate of drug-likeness (QED) is 0.355. The third-order valence-corrected chi connectivity index (χ3v) is 6.49. The maximum atomic E-state index is 13.3. The summed E-state index contributed by atoms with van der Waals surface area (Å²) in [6.45, 7) is 0.515. The number of aromatic nitrogens is 5. The van der Waals surface area contributed by atoms with Crippen molar-refractivity contribution >= 4 is 21.9 Å². The maximum Gasteiger partial charge on any atom is 0.251 e. The van der Waals surface area contributed by atoms with Gasteiger partial charge in [-0.25, -0.2) is 9.97 Å². The Balaban J connectivity index is 1.58. The van der Waals surface area contributed by atoms with Crippen LogP contribution >= 0.6 is 0 Å². The van der Waals surface area contributed by atoms with Gasteiger partial charge in [-0.2, -0.15) is 0 Å². The first kappa shape index (κ1) is 20.5. The van der Waals surface area contributed by atoms with Crippen LogP contribution in [0.3, 0.4) is 0 Å². The predicted octanol–water partition coefficient (Wildman–Crippen LogP) is 5.01. The molecule has 0 radical (unpaired) electrons. The molecule has 5 heterocycles. The number of fused-ring (bicyclic) bond motifs is 2. The van der Waals surface area contributed by atoms with E-state index in [1.54, 1.807) is 23.0 Å². The van der Waals surface area contributed by atoms with Gasteiger partial charge in [0.15, 0.2) is 5.75 Å². The minimum atomic E-state index is -0.139. The van der Waals surface area contributed by atoms with E-state index < -0.39 is 0 Å². The van der Waals surface area contributed by atoms with Crippen LogP contribution in [-0.2, 0) is 13.2 Å². The van der Waals surface area contributed by atoms with Crippen molar-refractivity contribution in [3.05, 3.63) is 113 Å². The Morgan fingerprint density at radius 1 is 0.722 bits per heavy atom. The zero-order valence-corrected chi connectivity index (χ0v) is 19.1. The van der Waals surface area contributed by atoms with Crippen LogP contribution in [0.4, 0.5) is 0 Å². The number of rotatable bonds is 2. The molecule has 4 aromatic heterocycles. The highest BCUT2D eigenvalue weighted by atomic mass is 16.5. The monoisotopic (exact) mass is 469 g/mol. The van der Waals surface area contributed by atoms with Crippen molar-refractivity contribution in [2.24, 2.45) is 0 Å². The summed E-state index contributed by atoms with van der Waals surface area (Å²) in [4.78, 5) is 32.2. The molecule has 7 heteroatoms. The largest absolute Gasteiger partial charge is 0.484 e. The molecule has 0 fully saturated rings. The summed E-state index contributed by atoms with van der Waals surface area (Å²) >= 11 is 0. The molecular weight excluding hydrogens is 450 g/mol. The zero-order chi connectivity index (χ0) is 24.1. The van der Waals surface area contributed by atoms with Gasteiger partial charge in [0.2, 0.25) is 0 Å². The van der Waals surface area contributed by atoms with E-state index in [4.69, 9.17) is 14.7 Å². The molecule has 0 atom stereocenters. The Kier molecular flexibility index (Phi) is 4.60. The smallest absolute Gasteiger partial charge is 0.251 e. The Morgan fingerprint density at radius 3 is 2.08 bits per heavy atom. The lowest BCUT2D eigenvalue weighted by Gasteiger charge is -2.23. The second-order valence-electron chi connectivity index (χ2n) is 8.65. The van der Waals surface area contributed by atoms with Crippen LogP contribution in [0, 0.1) is 0 Å². The summed E-state index contributed by atoms with van der Waals surface area (Å²) in [5.41, 5.74) is 6.82. The molecule has 7 rings (SSSR count). The highest BCUT2D eigenvalue weighted by molar-refractivity contribution is 6.02. The van der Waals surface area contributed by atoms with Gasteiger partial charge in [-0.1, -0.05) is 24.3 Å². The zero-order valence-electron chi connectivity index (χ0n) is 19.1. The second-order valence-corrected chi connectivity index (χ2v) is 8.65. The lowest BCUT2D eigenvalue weighted by molar-refractivity contribution is 0.300. The molecule has 1 aliphatic heterocycles. The minimum Gasteiger partial charge on any atom is -0.484 e. The summed E-state index contributed by atoms with van der Waals surface area (Å²) in [7, 11) is 0. The molecule has 1 aliphatic rings. The van der Waals surface area contributed by atoms with Crippen LogP contribution in [0.1, 0.15) is 11.4 Å². The van der Waals surface area contributed by atoms with Crippen molar-refractivity contribution in [3.8, 4) is 28.3 Å². The molecule has 0 N–H and O–H groups in total. The molecule has 36 heavy (non-hydrogen) atoms. The van der Waals surface area contributed by atoms with Crippen LogP contribution in [0.2, 0.25) is 0 Å². The van der Waals surface area contributed by atoms with Crippen LogP contribution in [0.5, 0.6) is 5.75 Å². The summed E-state index contributed by atoms with van der Waals surface area (Å²) in [5.74, 6) is 0.599. The SMILES string of the molecule is O=c1ccc2c(-c3ccccn3)cc(-c3ccccn3)c3c2n1Cc1nc2ccccc2nc1CO3. The highest BCUT2D eigenvalue weighted by Crippen LogP contribution is 2.42. The predicted molar refractivity (Wildman–Crippen MR) is 138 cm³/mol. The molecule has 172 valence electrons. The maximum absolute atomic E-state index is 13.3. The van der Waals surface area contributed by atoms with Crippen LogP contribution in [-0.4, -0.2) is 24.5 Å². The number of benzene rings is 2. The fourth-order valence-corrected chi connectivity index (χ4v) is 4.81. The summed E-state index contributed by atoms with van der Waals surface area (Å²) in [6.07, 6.45) is 3.52. The van der Waals surface area contributed by atoms with E-state index >= 15 is 0 Å². The third-order valence-electron chi connectivity index (χ3n) is 6.49. The Bertz CT molecular complexity index is 1830. The van der Waals surface area contributed by atoms with Gasteiger partial charge in [0.05, 0.1) is 40.2 Å². The van der Waals surface area contributed by atoms with E-state index in [-0.39, 0.29) is 18.7 Å². The van der Waals surface area contributed by atoms with Crippen molar-refractivity contribution in [1.82, 2.24) is 24.5 Å². The van der Waals surface area contributed by atoms with Gasteiger partial charge >= 0.3 is 0 Å². The molecular formula is C29H19N5O2. The second kappa shape index (κ2) is 8.09. The summed E-state index contributed by atoms with van der Waals surface area (Å²) in [6, 6.07) is 24.8. The molecule has 2 aromatic carbocycles. The van der Waals surface area contributed by atoms with Crippen molar-refractivity contribution in [2.45, 2.75) is 13.2 Å². The van der Waals surface area contributed by atoms with Crippen molar-refractivity contribution in [3.63, 3.8) is 0 Å². The van der Waals surface area contributed by atoms with Crippen LogP contribution < -0.4 is 10.3 Å². The molecule has 0 amide bonds. The van der Waals surface area contributed by atoms with E-state index in [0.717, 1.165) is 44.6 Å². The van der Waals surface area contributed by atoms with E-state index in [1.165, 1.54) is 0 Å². The van der Waals surface area contributed by atoms with Gasteiger partial charge in [-0.05, 0) is 48.5 Å². The van der Waals surface area contributed by atoms with E-state index in [1.807, 2.05) is 72.8 Å². The van der Waals surface area contributed by atoms with Gasteiger partial charge in [0.25, 0.3) is 5.56 Å². The Hall–Kier alpha value is -4.91. The first-order chi connectivity index (χ1) is 17.8.